The molecule has 2 rings (SSSR count). The summed E-state index contributed by atoms with van der Waals surface area (Å²) >= 11 is 0. The Bertz CT molecular complexity index is 389. The normalized spacial score (nSPS) is 27.7. The van der Waals surface area contributed by atoms with Gasteiger partial charge in [0.25, 0.3) is 0 Å². The monoisotopic (exact) mass is 238 g/mol. The minimum absolute atomic E-state index is 0.441. The first-order chi connectivity index (χ1) is 8.10. The summed E-state index contributed by atoms with van der Waals surface area (Å²) in [6, 6.07) is 7.48. The largest absolute Gasteiger partial charge is 0.482 e. The van der Waals surface area contributed by atoms with Crippen LogP contribution >= 0.6 is 0 Å². The summed E-state index contributed by atoms with van der Waals surface area (Å²) in [6.07, 6.45) is -0.626. The van der Waals surface area contributed by atoms with E-state index in [1.54, 1.807) is 14.2 Å². The Morgan fingerprint density at radius 3 is 2.65 bits per heavy atom. The number of hydrogen-bond acceptors (Lipinski definition) is 4. The van der Waals surface area contributed by atoms with Crippen LogP contribution in [0.4, 0.5) is 0 Å². The number of methoxy groups -OCH3 is 2. The minimum Gasteiger partial charge on any atom is -0.482 e. The van der Waals surface area contributed by atoms with Crippen molar-refractivity contribution in [2.24, 2.45) is 0 Å². The molecule has 0 aliphatic carbocycles. The maximum absolute atomic E-state index is 10.1. The fourth-order valence-corrected chi connectivity index (χ4v) is 2.37. The number of aliphatic hydroxyl groups excluding tert-OH is 1. The van der Waals surface area contributed by atoms with Crippen molar-refractivity contribution in [3.8, 4) is 5.75 Å². The third-order valence-electron chi connectivity index (χ3n) is 3.15. The molecule has 0 fully saturated rings. The van der Waals surface area contributed by atoms with Crippen molar-refractivity contribution in [2.75, 3.05) is 14.2 Å². The van der Waals surface area contributed by atoms with Crippen molar-refractivity contribution in [2.45, 2.75) is 31.3 Å². The second-order valence-corrected chi connectivity index (χ2v) is 4.48. The molecular formula is C13H18O4. The Kier molecular flexibility index (Phi) is 3.38. The van der Waals surface area contributed by atoms with E-state index in [1.807, 2.05) is 31.2 Å². The molecule has 0 radical (unpaired) electrons. The number of benzene rings is 1. The molecule has 0 spiro atoms. The first kappa shape index (κ1) is 12.4. The van der Waals surface area contributed by atoms with Gasteiger partial charge >= 0.3 is 0 Å². The lowest BCUT2D eigenvalue weighted by molar-refractivity contribution is -0.212. The zero-order valence-corrected chi connectivity index (χ0v) is 10.3. The van der Waals surface area contributed by atoms with Crippen LogP contribution in [0.2, 0.25) is 0 Å². The predicted octanol–water partition coefficient (Wildman–Crippen LogP) is 1.88. The Balaban J connectivity index is 2.32. The topological polar surface area (TPSA) is 47.9 Å². The van der Waals surface area contributed by atoms with E-state index in [0.29, 0.717) is 12.2 Å². The highest BCUT2D eigenvalue weighted by molar-refractivity contribution is 5.37. The van der Waals surface area contributed by atoms with Crippen molar-refractivity contribution < 1.29 is 19.3 Å². The molecule has 1 N–H and O–H groups in total. The molecule has 0 unspecified atom stereocenters. The highest BCUT2D eigenvalue weighted by Gasteiger charge is 2.43. The number of aliphatic hydroxyl groups is 1. The van der Waals surface area contributed by atoms with Gasteiger partial charge in [0.05, 0.1) is 6.10 Å². The molecule has 1 aromatic carbocycles. The summed E-state index contributed by atoms with van der Waals surface area (Å²) < 4.78 is 16.4. The van der Waals surface area contributed by atoms with Crippen molar-refractivity contribution in [3.05, 3.63) is 29.8 Å². The third-order valence-corrected chi connectivity index (χ3v) is 3.15. The van der Waals surface area contributed by atoms with Gasteiger partial charge in [-0.3, -0.25) is 0 Å². The van der Waals surface area contributed by atoms with Crippen LogP contribution in [0.1, 0.15) is 25.0 Å². The molecule has 1 aliphatic rings. The van der Waals surface area contributed by atoms with Crippen molar-refractivity contribution >= 4 is 0 Å². The smallest absolute Gasteiger partial charge is 0.196 e. The van der Waals surface area contributed by atoms with Crippen molar-refractivity contribution in [1.82, 2.24) is 0 Å². The lowest BCUT2D eigenvalue weighted by atomic mass is 9.89. The van der Waals surface area contributed by atoms with Crippen LogP contribution in [-0.4, -0.2) is 31.2 Å². The summed E-state index contributed by atoms with van der Waals surface area (Å²) in [5, 5.41) is 10.1. The lowest BCUT2D eigenvalue weighted by Gasteiger charge is -2.41. The van der Waals surface area contributed by atoms with Crippen molar-refractivity contribution in [3.63, 3.8) is 0 Å². The average Bonchev–Trinajstić information content (AvgIpc) is 2.30. The molecule has 94 valence electrons. The number of fused-ring (bicyclic) bond motifs is 1. The first-order valence-corrected chi connectivity index (χ1v) is 5.62. The standard InChI is InChI=1S/C13H18O4/c1-13(12(15-2)16-3)8-10(14)9-6-4-5-7-11(9)17-13/h4-7,10,12,14H,8H2,1-3H3/t10-,13-/m1/s1. The maximum Gasteiger partial charge on any atom is 0.196 e. The van der Waals surface area contributed by atoms with Crippen molar-refractivity contribution in [1.29, 1.82) is 0 Å². The summed E-state index contributed by atoms with van der Waals surface area (Å²) in [6.45, 7) is 1.88. The van der Waals surface area contributed by atoms with Gasteiger partial charge in [0.15, 0.2) is 11.9 Å². The SMILES string of the molecule is COC(OC)[C@@]1(C)C[C@@H](O)c2ccccc2O1. The van der Waals surface area contributed by atoms with Gasteiger partial charge in [0, 0.05) is 26.2 Å². The maximum atomic E-state index is 10.1. The summed E-state index contributed by atoms with van der Waals surface area (Å²) in [4.78, 5) is 0. The molecule has 0 bridgehead atoms. The highest BCUT2D eigenvalue weighted by Crippen LogP contribution is 2.41. The Morgan fingerprint density at radius 2 is 2.00 bits per heavy atom. The first-order valence-electron chi connectivity index (χ1n) is 5.62. The zero-order valence-electron chi connectivity index (χ0n) is 10.3. The Morgan fingerprint density at radius 1 is 1.35 bits per heavy atom. The number of para-hydroxylation sites is 1. The quantitative estimate of drug-likeness (QED) is 0.817. The Labute approximate surface area is 101 Å². The predicted molar refractivity (Wildman–Crippen MR) is 62.9 cm³/mol. The number of hydrogen-bond donors (Lipinski definition) is 1. The molecule has 4 nitrogen and oxygen atoms in total. The average molecular weight is 238 g/mol. The molecule has 0 saturated heterocycles. The third kappa shape index (κ3) is 2.16. The van der Waals surface area contributed by atoms with Crippen LogP contribution in [0.5, 0.6) is 5.75 Å². The molecule has 1 aliphatic heterocycles. The Hall–Kier alpha value is -1.10. The van der Waals surface area contributed by atoms with Crippen LogP contribution in [-0.2, 0) is 9.47 Å². The zero-order chi connectivity index (χ0) is 12.5. The van der Waals surface area contributed by atoms with E-state index in [1.165, 1.54) is 0 Å². The fourth-order valence-electron chi connectivity index (χ4n) is 2.37. The number of rotatable bonds is 3. The van der Waals surface area contributed by atoms with Crippen LogP contribution in [0.15, 0.2) is 24.3 Å². The van der Waals surface area contributed by atoms with Crippen LogP contribution in [0.3, 0.4) is 0 Å². The van der Waals surface area contributed by atoms with E-state index < -0.39 is 18.0 Å². The van der Waals surface area contributed by atoms with Gasteiger partial charge in [-0.1, -0.05) is 18.2 Å². The summed E-state index contributed by atoms with van der Waals surface area (Å²) in [5.74, 6) is 0.688. The molecule has 0 amide bonds. The van der Waals surface area contributed by atoms with Gasteiger partial charge in [-0.25, -0.2) is 0 Å². The molecule has 0 aromatic heterocycles. The van der Waals surface area contributed by atoms with E-state index in [4.69, 9.17) is 14.2 Å². The van der Waals surface area contributed by atoms with E-state index in [0.717, 1.165) is 5.56 Å². The molecular weight excluding hydrogens is 220 g/mol. The van der Waals surface area contributed by atoms with Crippen LogP contribution in [0, 0.1) is 0 Å². The van der Waals surface area contributed by atoms with Gasteiger partial charge in [-0.05, 0) is 13.0 Å². The van der Waals surface area contributed by atoms with Crippen LogP contribution < -0.4 is 4.74 Å². The molecule has 1 heterocycles. The lowest BCUT2D eigenvalue weighted by Crippen LogP contribution is -2.50. The second-order valence-electron chi connectivity index (χ2n) is 4.48. The van der Waals surface area contributed by atoms with E-state index in [-0.39, 0.29) is 0 Å². The fraction of sp³-hybridized carbons (Fsp3) is 0.538. The number of ether oxygens (including phenoxy) is 3. The van der Waals surface area contributed by atoms with E-state index >= 15 is 0 Å². The second kappa shape index (κ2) is 4.64. The van der Waals surface area contributed by atoms with Crippen LogP contribution in [0.25, 0.3) is 0 Å². The van der Waals surface area contributed by atoms with Gasteiger partial charge in [-0.2, -0.15) is 0 Å². The van der Waals surface area contributed by atoms with E-state index in [9.17, 15) is 5.11 Å². The molecule has 1 aromatic rings. The minimum atomic E-state index is -0.683. The molecule has 4 heteroatoms. The van der Waals surface area contributed by atoms with Gasteiger partial charge in [-0.15, -0.1) is 0 Å². The van der Waals surface area contributed by atoms with Gasteiger partial charge < -0.3 is 19.3 Å². The molecule has 2 atom stereocenters. The molecule has 0 saturated carbocycles. The van der Waals surface area contributed by atoms with Gasteiger partial charge in [0.1, 0.15) is 5.75 Å². The summed E-state index contributed by atoms with van der Waals surface area (Å²) in [5.41, 5.74) is 0.132. The van der Waals surface area contributed by atoms with E-state index in [2.05, 4.69) is 0 Å². The molecule has 17 heavy (non-hydrogen) atoms. The van der Waals surface area contributed by atoms with Gasteiger partial charge in [0.2, 0.25) is 0 Å². The highest BCUT2D eigenvalue weighted by atomic mass is 16.7. The summed E-state index contributed by atoms with van der Waals surface area (Å²) in [7, 11) is 3.13.